The van der Waals surface area contributed by atoms with Crippen molar-refractivity contribution in [3.8, 4) is 0 Å². The van der Waals surface area contributed by atoms with Gasteiger partial charge < -0.3 is 10.6 Å². The Labute approximate surface area is 148 Å². The summed E-state index contributed by atoms with van der Waals surface area (Å²) in [7, 11) is 0. The Morgan fingerprint density at radius 1 is 1.08 bits per heavy atom. The normalized spacial score (nSPS) is 25.1. The maximum Gasteiger partial charge on any atom is 0.220 e. The molecular formula is C19H27F2N3O. The van der Waals surface area contributed by atoms with E-state index in [0.717, 1.165) is 70.9 Å². The third-order valence-electron chi connectivity index (χ3n) is 5.75. The molecule has 6 heteroatoms. The number of nitrogens with zero attached hydrogens (tertiary/aromatic N) is 2. The minimum atomic E-state index is -0.786. The van der Waals surface area contributed by atoms with E-state index in [1.54, 1.807) is 12.1 Å². The molecule has 1 aromatic rings. The molecule has 1 saturated carbocycles. The number of halogens is 2. The van der Waals surface area contributed by atoms with Gasteiger partial charge >= 0.3 is 0 Å². The second-order valence-electron chi connectivity index (χ2n) is 7.31. The average molecular weight is 351 g/mol. The third-order valence-corrected chi connectivity index (χ3v) is 5.75. The highest BCUT2D eigenvalue weighted by Gasteiger charge is 2.26. The van der Waals surface area contributed by atoms with Crippen LogP contribution in [0.1, 0.15) is 32.1 Å². The molecule has 3 rings (SSSR count). The zero-order valence-corrected chi connectivity index (χ0v) is 14.6. The molecule has 4 nitrogen and oxygen atoms in total. The molecule has 2 aliphatic rings. The van der Waals surface area contributed by atoms with Gasteiger partial charge in [0.2, 0.25) is 5.91 Å². The number of amides is 1. The molecule has 1 saturated heterocycles. The Morgan fingerprint density at radius 3 is 2.40 bits per heavy atom. The van der Waals surface area contributed by atoms with Crippen molar-refractivity contribution in [1.82, 2.24) is 4.90 Å². The van der Waals surface area contributed by atoms with E-state index < -0.39 is 11.6 Å². The number of carbonyl (C=O) groups is 1. The fraction of sp³-hybridized carbons (Fsp3) is 0.632. The number of nitrogens with two attached hydrogens (primary N) is 1. The van der Waals surface area contributed by atoms with Gasteiger partial charge in [0.25, 0.3) is 0 Å². The highest BCUT2D eigenvalue weighted by atomic mass is 19.2. The number of primary amides is 1. The van der Waals surface area contributed by atoms with Crippen molar-refractivity contribution in [3.05, 3.63) is 29.8 Å². The largest absolute Gasteiger partial charge is 0.369 e. The van der Waals surface area contributed by atoms with Crippen LogP contribution >= 0.6 is 0 Å². The minimum Gasteiger partial charge on any atom is -0.369 e. The summed E-state index contributed by atoms with van der Waals surface area (Å²) in [5.41, 5.74) is 5.75. The van der Waals surface area contributed by atoms with Crippen molar-refractivity contribution < 1.29 is 13.6 Å². The van der Waals surface area contributed by atoms with Crippen LogP contribution in [0.15, 0.2) is 18.2 Å². The van der Waals surface area contributed by atoms with Crippen LogP contribution in [-0.2, 0) is 4.79 Å². The van der Waals surface area contributed by atoms with Gasteiger partial charge in [-0.3, -0.25) is 9.69 Å². The second-order valence-corrected chi connectivity index (χ2v) is 7.31. The number of hydrogen-bond acceptors (Lipinski definition) is 3. The Kier molecular flexibility index (Phi) is 5.89. The van der Waals surface area contributed by atoms with E-state index in [1.165, 1.54) is 0 Å². The van der Waals surface area contributed by atoms with Gasteiger partial charge in [-0.2, -0.15) is 0 Å². The number of rotatable bonds is 5. The summed E-state index contributed by atoms with van der Waals surface area (Å²) >= 11 is 0. The maximum absolute atomic E-state index is 13.9. The minimum absolute atomic E-state index is 0.0703. The lowest BCUT2D eigenvalue weighted by molar-refractivity contribution is -0.123. The molecule has 1 heterocycles. The highest BCUT2D eigenvalue weighted by molar-refractivity contribution is 5.76. The van der Waals surface area contributed by atoms with E-state index in [4.69, 9.17) is 5.73 Å². The Bertz CT molecular complexity index is 594. The van der Waals surface area contributed by atoms with Crippen molar-refractivity contribution in [2.75, 3.05) is 37.6 Å². The van der Waals surface area contributed by atoms with Gasteiger partial charge in [-0.15, -0.1) is 0 Å². The van der Waals surface area contributed by atoms with Crippen molar-refractivity contribution in [3.63, 3.8) is 0 Å². The van der Waals surface area contributed by atoms with Gasteiger partial charge in [0.1, 0.15) is 0 Å². The summed E-state index contributed by atoms with van der Waals surface area (Å²) in [5, 5.41) is 0. The van der Waals surface area contributed by atoms with Crippen molar-refractivity contribution >= 4 is 11.6 Å². The summed E-state index contributed by atoms with van der Waals surface area (Å²) in [6.07, 6.45) is 5.16. The first kappa shape index (κ1) is 18.1. The van der Waals surface area contributed by atoms with Crippen LogP contribution in [0.3, 0.4) is 0 Å². The van der Waals surface area contributed by atoms with Gasteiger partial charge in [-0.25, -0.2) is 8.78 Å². The lowest BCUT2D eigenvalue weighted by Crippen LogP contribution is -2.47. The number of anilines is 1. The zero-order chi connectivity index (χ0) is 17.8. The molecule has 0 radical (unpaired) electrons. The van der Waals surface area contributed by atoms with Crippen LogP contribution in [0, 0.1) is 23.5 Å². The molecule has 1 aromatic carbocycles. The van der Waals surface area contributed by atoms with E-state index in [1.807, 2.05) is 4.90 Å². The molecule has 0 atom stereocenters. The summed E-state index contributed by atoms with van der Waals surface area (Å²) in [6.45, 7) is 4.20. The van der Waals surface area contributed by atoms with E-state index in [0.29, 0.717) is 11.6 Å². The summed E-state index contributed by atoms with van der Waals surface area (Å²) < 4.78 is 27.3. The van der Waals surface area contributed by atoms with Crippen molar-refractivity contribution in [2.24, 2.45) is 17.6 Å². The van der Waals surface area contributed by atoms with E-state index in [9.17, 15) is 13.6 Å². The topological polar surface area (TPSA) is 49.6 Å². The molecule has 2 N–H and O–H groups in total. The predicted molar refractivity (Wildman–Crippen MR) is 94.3 cm³/mol. The molecule has 0 bridgehead atoms. The Balaban J connectivity index is 1.41. The SMILES string of the molecule is NC(=O)C1CCC(CCN2CCN(c3cccc(F)c3F)CC2)CC1. The molecule has 0 unspecified atom stereocenters. The third kappa shape index (κ3) is 4.48. The van der Waals surface area contributed by atoms with Gasteiger partial charge in [-0.05, 0) is 56.7 Å². The predicted octanol–water partition coefficient (Wildman–Crippen LogP) is 2.77. The summed E-state index contributed by atoms with van der Waals surface area (Å²) in [4.78, 5) is 15.5. The first-order chi connectivity index (χ1) is 12.0. The molecule has 0 aromatic heterocycles. The van der Waals surface area contributed by atoms with E-state index in [2.05, 4.69) is 4.90 Å². The second kappa shape index (κ2) is 8.13. The molecule has 1 aliphatic carbocycles. The molecule has 1 aliphatic heterocycles. The fourth-order valence-corrected chi connectivity index (χ4v) is 4.05. The van der Waals surface area contributed by atoms with Crippen LogP contribution < -0.4 is 10.6 Å². The van der Waals surface area contributed by atoms with Gasteiger partial charge in [0.15, 0.2) is 11.6 Å². The number of carbonyl (C=O) groups excluding carboxylic acids is 1. The molecule has 2 fully saturated rings. The maximum atomic E-state index is 13.9. The molecule has 1 amide bonds. The summed E-state index contributed by atoms with van der Waals surface area (Å²) in [6, 6.07) is 4.36. The smallest absolute Gasteiger partial charge is 0.220 e. The lowest BCUT2D eigenvalue weighted by atomic mass is 9.80. The quantitative estimate of drug-likeness (QED) is 0.887. The molecule has 0 spiro atoms. The Morgan fingerprint density at radius 2 is 1.76 bits per heavy atom. The summed E-state index contributed by atoms with van der Waals surface area (Å²) in [5.74, 6) is -0.942. The van der Waals surface area contributed by atoms with Gasteiger partial charge in [0.05, 0.1) is 5.69 Å². The monoisotopic (exact) mass is 351 g/mol. The van der Waals surface area contributed by atoms with Crippen LogP contribution in [0.5, 0.6) is 0 Å². The first-order valence-corrected chi connectivity index (χ1v) is 9.25. The first-order valence-electron chi connectivity index (χ1n) is 9.25. The van der Waals surface area contributed by atoms with E-state index >= 15 is 0 Å². The fourth-order valence-electron chi connectivity index (χ4n) is 4.05. The highest BCUT2D eigenvalue weighted by Crippen LogP contribution is 2.31. The number of piperazine rings is 1. The molecule has 25 heavy (non-hydrogen) atoms. The zero-order valence-electron chi connectivity index (χ0n) is 14.6. The van der Waals surface area contributed by atoms with Crippen LogP contribution in [0.25, 0.3) is 0 Å². The number of benzene rings is 1. The van der Waals surface area contributed by atoms with Crippen molar-refractivity contribution in [1.29, 1.82) is 0 Å². The van der Waals surface area contributed by atoms with Crippen molar-refractivity contribution in [2.45, 2.75) is 32.1 Å². The standard InChI is InChI=1S/C19H27F2N3O/c20-16-2-1-3-17(18(16)21)24-12-10-23(11-13-24)9-8-14-4-6-15(7-5-14)19(22)25/h1-3,14-15H,4-13H2,(H2,22,25). The average Bonchev–Trinajstić information content (AvgIpc) is 2.63. The van der Waals surface area contributed by atoms with Crippen LogP contribution in [0.4, 0.5) is 14.5 Å². The Hall–Kier alpha value is -1.69. The molecule has 138 valence electrons. The van der Waals surface area contributed by atoms with E-state index in [-0.39, 0.29) is 11.8 Å². The number of hydrogen-bond donors (Lipinski definition) is 1. The lowest BCUT2D eigenvalue weighted by Gasteiger charge is -2.37. The molecular weight excluding hydrogens is 324 g/mol. The van der Waals surface area contributed by atoms with Crippen LogP contribution in [-0.4, -0.2) is 43.5 Å². The van der Waals surface area contributed by atoms with Gasteiger partial charge in [0, 0.05) is 32.1 Å². The van der Waals surface area contributed by atoms with Crippen LogP contribution in [0.2, 0.25) is 0 Å². The van der Waals surface area contributed by atoms with Gasteiger partial charge in [-0.1, -0.05) is 6.07 Å².